The molecule has 2 heterocycles. The van der Waals surface area contributed by atoms with Crippen molar-refractivity contribution >= 4 is 81.1 Å². The number of benzene rings is 3. The third-order valence-corrected chi connectivity index (χ3v) is 19.0. The largest absolute Gasteiger partial charge is 0.491 e. The van der Waals surface area contributed by atoms with Crippen molar-refractivity contribution < 1.29 is 85.4 Å². The van der Waals surface area contributed by atoms with E-state index in [9.17, 15) is 66.6 Å². The van der Waals surface area contributed by atoms with Crippen molar-refractivity contribution in [3.63, 3.8) is 0 Å². The Bertz CT molecular complexity index is 3410. The van der Waals surface area contributed by atoms with E-state index in [0.29, 0.717) is 98.3 Å². The summed E-state index contributed by atoms with van der Waals surface area (Å²) in [6.45, 7) is 12.3. The number of aryl methyl sites for hydroxylation is 1. The Morgan fingerprint density at radius 1 is 0.724 bits per heavy atom. The number of anilines is 1. The second-order valence-electron chi connectivity index (χ2n) is 22.3. The van der Waals surface area contributed by atoms with E-state index in [1.54, 1.807) is 42.1 Å². The number of aliphatic hydroxyl groups is 1. The number of hydrogen-bond donors (Lipinski definition) is 8. The molecule has 0 saturated carbocycles. The van der Waals surface area contributed by atoms with Gasteiger partial charge in [0.1, 0.15) is 25.0 Å². The van der Waals surface area contributed by atoms with Gasteiger partial charge in [0.05, 0.1) is 58.9 Å². The van der Waals surface area contributed by atoms with Gasteiger partial charge < -0.3 is 40.2 Å². The van der Waals surface area contributed by atoms with Crippen molar-refractivity contribution in [3.05, 3.63) is 113 Å². The van der Waals surface area contributed by atoms with Crippen LogP contribution in [0.3, 0.4) is 0 Å². The molecule has 87 heavy (non-hydrogen) atoms. The molecule has 8 N–H and O–H groups in total. The Hall–Kier alpha value is -5.08. The topological polar surface area (TPSA) is 342 Å². The number of ether oxygens (including phenoxy) is 3. The maximum absolute atomic E-state index is 12.8. The Kier molecular flexibility index (Phi) is 28.1. The van der Waals surface area contributed by atoms with Crippen LogP contribution in [0, 0.1) is 0 Å². The zero-order valence-electron chi connectivity index (χ0n) is 50.1. The van der Waals surface area contributed by atoms with E-state index in [1.165, 1.54) is 36.4 Å². The maximum Gasteiger partial charge on any atom is 0.294 e. The van der Waals surface area contributed by atoms with Gasteiger partial charge in [-0.15, -0.1) is 0 Å². The number of fused-ring (bicyclic) bond motifs is 2. The number of amides is 2. The fraction of sp³-hybridized carbons (Fsp3) is 0.542. The molecule has 0 fully saturated rings. The number of nitrogens with zero attached hydrogens (tertiary/aromatic N) is 2. The maximum atomic E-state index is 12.8. The molecule has 3 aromatic rings. The SMILES string of the molecule is CC(C)NCC(O)COc1ccccc1CCCSCC(=O)NCCOCCOCCNC(=O)CCCCCC1(C)/C(=C/C=C/C=C/C2=[N+](CCCS(=O)(=O)O)c3ccc(S(=O)(=O)O)cc3C2(C)C)N(CCCS(=O)(=O)O)c2ccc(S(=O)(=O)O)cc21. The Morgan fingerprint density at radius 2 is 1.36 bits per heavy atom. The van der Waals surface area contributed by atoms with Crippen LogP contribution in [-0.4, -0.2) is 180 Å². The number of rotatable bonds is 40. The lowest BCUT2D eigenvalue weighted by Gasteiger charge is -2.30. The van der Waals surface area contributed by atoms with Crippen LogP contribution in [0.15, 0.2) is 107 Å². The standard InChI is InChI=1S/C59H85N5O18S5/c1-44(2)62-41-46(65)42-82-53-19-12-11-17-45(53)18-14-36-83-43-57(67)61-29-33-81-35-34-80-32-28-60-56(66)22-10-7-13-27-59(5)50-40-48(87(77,78)79)24-26-52(50)64(31-16-38-85(71,72)73)55(59)21-9-6-8-20-54-58(3,4)49-39-47(86(74,75)76)23-25-51(49)63(54)30-15-37-84(68,69)70/h6,8-9,11-12,17,19-21,23-26,39-40,44,46,62,65H,7,10,13-16,18,22,27-38,41-43H2,1-5H3,(H5-,60,61,66,67,68,69,70,71,72,73,74,75,76,77,78,79)/p+1. The molecular weight excluding hydrogens is 1230 g/mol. The van der Waals surface area contributed by atoms with Crippen LogP contribution in [0.1, 0.15) is 103 Å². The van der Waals surface area contributed by atoms with Gasteiger partial charge in [-0.1, -0.05) is 63.1 Å². The highest BCUT2D eigenvalue weighted by atomic mass is 32.2. The number of nitrogens with one attached hydrogen (secondary N) is 3. The fourth-order valence-corrected chi connectivity index (χ4v) is 13.1. The molecule has 0 radical (unpaired) electrons. The first-order chi connectivity index (χ1) is 40.9. The lowest BCUT2D eigenvalue weighted by molar-refractivity contribution is -0.437. The summed E-state index contributed by atoms with van der Waals surface area (Å²) in [6, 6.07) is 16.3. The van der Waals surface area contributed by atoms with E-state index in [4.69, 9.17) is 14.2 Å². The van der Waals surface area contributed by atoms with Gasteiger partial charge in [-0.25, -0.2) is 0 Å². The number of allylic oxidation sites excluding steroid dienone is 6. The molecule has 28 heteroatoms. The smallest absolute Gasteiger partial charge is 0.294 e. The summed E-state index contributed by atoms with van der Waals surface area (Å²) in [5, 5.41) is 19.1. The molecule has 2 aliphatic rings. The van der Waals surface area contributed by atoms with Crippen molar-refractivity contribution in [2.75, 3.05) is 93.7 Å². The molecule has 2 aliphatic heterocycles. The highest BCUT2D eigenvalue weighted by Gasteiger charge is 2.46. The monoisotopic (exact) mass is 1310 g/mol. The normalized spacial score (nSPS) is 17.0. The summed E-state index contributed by atoms with van der Waals surface area (Å²) in [4.78, 5) is 26.3. The van der Waals surface area contributed by atoms with Gasteiger partial charge in [0.15, 0.2) is 5.71 Å². The number of carbonyl (C=O) groups is 2. The van der Waals surface area contributed by atoms with Gasteiger partial charge in [-0.05, 0) is 112 Å². The van der Waals surface area contributed by atoms with Crippen molar-refractivity contribution in [3.8, 4) is 5.75 Å². The minimum Gasteiger partial charge on any atom is -0.491 e. The van der Waals surface area contributed by atoms with Crippen molar-refractivity contribution in [2.45, 2.75) is 125 Å². The summed E-state index contributed by atoms with van der Waals surface area (Å²) in [5.41, 5.74) is 2.78. The third kappa shape index (κ3) is 23.7. The number of thioether (sulfide) groups is 1. The molecule has 0 aliphatic carbocycles. The summed E-state index contributed by atoms with van der Waals surface area (Å²) in [7, 11) is -17.9. The van der Waals surface area contributed by atoms with E-state index in [1.807, 2.05) is 68.4 Å². The third-order valence-electron chi connectivity index (χ3n) is 14.7. The van der Waals surface area contributed by atoms with Crippen LogP contribution in [0.5, 0.6) is 5.75 Å². The molecule has 3 aromatic carbocycles. The lowest BCUT2D eigenvalue weighted by Crippen LogP contribution is -2.35. The fourth-order valence-electron chi connectivity index (χ4n) is 10.3. The molecule has 2 unspecified atom stereocenters. The number of carbonyl (C=O) groups excluding carboxylic acids is 2. The molecule has 0 aromatic heterocycles. The van der Waals surface area contributed by atoms with E-state index in [2.05, 4.69) is 16.0 Å². The molecule has 23 nitrogen and oxygen atoms in total. The van der Waals surface area contributed by atoms with Crippen LogP contribution in [0.25, 0.3) is 0 Å². The molecule has 2 amide bonds. The van der Waals surface area contributed by atoms with Crippen LogP contribution < -0.4 is 25.6 Å². The number of hydrogen-bond acceptors (Lipinski definition) is 17. The Balaban J connectivity index is 1.09. The first-order valence-electron chi connectivity index (χ1n) is 28.9. The first-order valence-corrected chi connectivity index (χ1v) is 36.2. The summed E-state index contributed by atoms with van der Waals surface area (Å²) in [6.07, 6.45) is 12.1. The highest BCUT2D eigenvalue weighted by molar-refractivity contribution is 7.99. The Morgan fingerprint density at radius 3 is 2.01 bits per heavy atom. The molecule has 2 atom stereocenters. The van der Waals surface area contributed by atoms with Gasteiger partial charge in [-0.3, -0.25) is 27.8 Å². The van der Waals surface area contributed by atoms with Crippen molar-refractivity contribution in [1.82, 2.24) is 16.0 Å². The average molecular weight is 1310 g/mol. The van der Waals surface area contributed by atoms with Crippen LogP contribution >= 0.6 is 11.8 Å². The molecule has 0 bridgehead atoms. The van der Waals surface area contributed by atoms with Crippen molar-refractivity contribution in [1.29, 1.82) is 0 Å². The highest BCUT2D eigenvalue weighted by Crippen LogP contribution is 2.51. The molecule has 5 rings (SSSR count). The minimum absolute atomic E-state index is 0.00609. The second-order valence-corrected chi connectivity index (χ2v) is 29.4. The number of unbranched alkanes of at least 4 members (excludes halogenated alkanes) is 2. The summed E-state index contributed by atoms with van der Waals surface area (Å²) < 4.78 is 154. The van der Waals surface area contributed by atoms with Gasteiger partial charge in [0.2, 0.25) is 17.5 Å². The number of aliphatic hydroxyl groups excluding tert-OH is 1. The van der Waals surface area contributed by atoms with Gasteiger partial charge in [0, 0.05) is 79.6 Å². The minimum atomic E-state index is -4.65. The number of para-hydroxylation sites is 1. The second kappa shape index (κ2) is 33.7. The van der Waals surface area contributed by atoms with Gasteiger partial charge >= 0.3 is 0 Å². The lowest BCUT2D eigenvalue weighted by atomic mass is 9.77. The zero-order chi connectivity index (χ0) is 64.1. The van der Waals surface area contributed by atoms with Gasteiger partial charge in [0.25, 0.3) is 40.5 Å². The van der Waals surface area contributed by atoms with Crippen LogP contribution in [0.4, 0.5) is 11.4 Å². The van der Waals surface area contributed by atoms with Crippen LogP contribution in [0.2, 0.25) is 0 Å². The molecule has 0 saturated heterocycles. The van der Waals surface area contributed by atoms with E-state index in [0.717, 1.165) is 29.9 Å². The van der Waals surface area contributed by atoms with E-state index >= 15 is 0 Å². The quantitative estimate of drug-likeness (QED) is 0.0136. The zero-order valence-corrected chi connectivity index (χ0v) is 54.1. The predicted octanol–water partition coefficient (Wildman–Crippen LogP) is 6.21. The van der Waals surface area contributed by atoms with E-state index < -0.39 is 68.9 Å². The predicted molar refractivity (Wildman–Crippen MR) is 336 cm³/mol. The average Bonchev–Trinajstić information content (AvgIpc) is 1.63. The molecule has 0 spiro atoms. The first kappa shape index (κ1) is 72.7. The summed E-state index contributed by atoms with van der Waals surface area (Å²) >= 11 is 1.55. The van der Waals surface area contributed by atoms with E-state index in [-0.39, 0.29) is 79.8 Å². The molecule has 484 valence electrons. The van der Waals surface area contributed by atoms with Gasteiger partial charge in [-0.2, -0.15) is 50.0 Å². The van der Waals surface area contributed by atoms with Crippen LogP contribution in [-0.2, 0) is 76.8 Å². The molecular formula is C59H86N5O18S5+. The summed E-state index contributed by atoms with van der Waals surface area (Å²) in [5.74, 6) is 0.536. The Labute approximate surface area is 517 Å². The van der Waals surface area contributed by atoms with Crippen molar-refractivity contribution in [2.24, 2.45) is 0 Å².